The molecule has 1 aromatic carbocycles. The maximum absolute atomic E-state index is 12.2. The summed E-state index contributed by atoms with van der Waals surface area (Å²) >= 11 is 0. The van der Waals surface area contributed by atoms with Gasteiger partial charge in [0.15, 0.2) is 0 Å². The van der Waals surface area contributed by atoms with E-state index < -0.39 is 24.0 Å². The van der Waals surface area contributed by atoms with Gasteiger partial charge in [-0.3, -0.25) is 14.8 Å². The Morgan fingerprint density at radius 1 is 1.11 bits per heavy atom. The van der Waals surface area contributed by atoms with Crippen LogP contribution in [-0.2, 0) is 11.4 Å². The van der Waals surface area contributed by atoms with Crippen LogP contribution in [0.5, 0.6) is 0 Å². The second kappa shape index (κ2) is 10.2. The molecule has 1 aromatic heterocycles. The lowest BCUT2D eigenvalue weighted by atomic mass is 10.1. The van der Waals surface area contributed by atoms with Crippen LogP contribution in [0.3, 0.4) is 0 Å². The van der Waals surface area contributed by atoms with Gasteiger partial charge in [0, 0.05) is 5.56 Å². The average molecular weight is 386 g/mol. The number of carbonyl (C=O) groups excluding carboxylic acids is 2. The van der Waals surface area contributed by atoms with E-state index in [9.17, 15) is 14.7 Å². The number of hydrogen-bond acceptors (Lipinski definition) is 6. The van der Waals surface area contributed by atoms with Crippen molar-refractivity contribution in [2.24, 2.45) is 0 Å². The third kappa shape index (κ3) is 5.92. The normalized spacial score (nSPS) is 13.6. The highest BCUT2D eigenvalue weighted by atomic mass is 16.5. The predicted octanol–water partition coefficient (Wildman–Crippen LogP) is 1.48. The Bertz CT molecular complexity index is 852. The zero-order chi connectivity index (χ0) is 20.5. The van der Waals surface area contributed by atoms with Gasteiger partial charge in [0.1, 0.15) is 24.2 Å². The van der Waals surface area contributed by atoms with Crippen LogP contribution < -0.4 is 10.8 Å². The molecule has 0 aliphatic rings. The standard InChI is InChI=1S/C20H22N2O6/c1-13(24)18(20(26)22-27)21-19(25)15-8-6-14(7-9-15)4-2-3-5-16-10-11-17(12-23)28-16/h2-11,13,18,23-24,27H,12H2,1H3,(H,21,25)(H,22,26)/b4-2+,5-3+/t13-,18?/m1/s1. The highest BCUT2D eigenvalue weighted by molar-refractivity contribution is 5.97. The molecule has 2 atom stereocenters. The fourth-order valence-electron chi connectivity index (χ4n) is 2.33. The SMILES string of the molecule is C[C@@H](O)C(NC(=O)c1ccc(/C=C/C=C/c2ccc(CO)o2)cc1)C(=O)NO. The quantitative estimate of drug-likeness (QED) is 0.265. The smallest absolute Gasteiger partial charge is 0.268 e. The number of aliphatic hydroxyl groups is 2. The summed E-state index contributed by atoms with van der Waals surface area (Å²) in [6.07, 6.45) is 5.98. The molecule has 8 heteroatoms. The molecule has 28 heavy (non-hydrogen) atoms. The summed E-state index contributed by atoms with van der Waals surface area (Å²) in [4.78, 5) is 23.7. The number of hydroxylamine groups is 1. The fourth-order valence-corrected chi connectivity index (χ4v) is 2.33. The van der Waals surface area contributed by atoms with Crippen molar-refractivity contribution in [1.29, 1.82) is 0 Å². The van der Waals surface area contributed by atoms with Crippen LogP contribution in [-0.4, -0.2) is 39.4 Å². The molecular weight excluding hydrogens is 364 g/mol. The molecule has 1 heterocycles. The lowest BCUT2D eigenvalue weighted by Gasteiger charge is -2.19. The van der Waals surface area contributed by atoms with Crippen LogP contribution >= 0.6 is 0 Å². The first-order chi connectivity index (χ1) is 13.4. The van der Waals surface area contributed by atoms with Crippen molar-refractivity contribution in [3.63, 3.8) is 0 Å². The Balaban J connectivity index is 1.96. The van der Waals surface area contributed by atoms with Crippen LogP contribution in [0.15, 0.2) is 53.0 Å². The molecule has 0 radical (unpaired) electrons. The molecule has 8 nitrogen and oxygen atoms in total. The molecule has 0 aliphatic carbocycles. The van der Waals surface area contributed by atoms with Crippen LogP contribution in [0, 0.1) is 0 Å². The summed E-state index contributed by atoms with van der Waals surface area (Å²) in [5.41, 5.74) is 2.56. The van der Waals surface area contributed by atoms with E-state index >= 15 is 0 Å². The van der Waals surface area contributed by atoms with Crippen molar-refractivity contribution < 1.29 is 29.4 Å². The highest BCUT2D eigenvalue weighted by Gasteiger charge is 2.25. The number of amides is 2. The number of aliphatic hydroxyl groups excluding tert-OH is 2. The van der Waals surface area contributed by atoms with Crippen LogP contribution in [0.2, 0.25) is 0 Å². The average Bonchev–Trinajstić information content (AvgIpc) is 3.17. The number of nitrogens with one attached hydrogen (secondary N) is 2. The molecule has 2 amide bonds. The van der Waals surface area contributed by atoms with Gasteiger partial charge < -0.3 is 19.9 Å². The zero-order valence-electron chi connectivity index (χ0n) is 15.2. The van der Waals surface area contributed by atoms with Gasteiger partial charge in [-0.15, -0.1) is 0 Å². The molecule has 0 saturated carbocycles. The number of hydrogen-bond donors (Lipinski definition) is 5. The van der Waals surface area contributed by atoms with E-state index in [4.69, 9.17) is 14.7 Å². The number of furan rings is 1. The summed E-state index contributed by atoms with van der Waals surface area (Å²) in [6.45, 7) is 1.18. The van der Waals surface area contributed by atoms with Gasteiger partial charge in [0.05, 0.1) is 6.10 Å². The first-order valence-corrected chi connectivity index (χ1v) is 8.52. The van der Waals surface area contributed by atoms with Crippen LogP contribution in [0.25, 0.3) is 12.2 Å². The number of rotatable bonds is 8. The van der Waals surface area contributed by atoms with Crippen molar-refractivity contribution in [2.75, 3.05) is 0 Å². The van der Waals surface area contributed by atoms with Gasteiger partial charge in [0.2, 0.25) is 0 Å². The minimum atomic E-state index is -1.27. The van der Waals surface area contributed by atoms with Gasteiger partial charge in [-0.1, -0.05) is 30.4 Å². The molecule has 0 bridgehead atoms. The summed E-state index contributed by atoms with van der Waals surface area (Å²) < 4.78 is 5.32. The van der Waals surface area contributed by atoms with Crippen LogP contribution in [0.4, 0.5) is 0 Å². The van der Waals surface area contributed by atoms with Gasteiger partial charge in [-0.05, 0) is 42.8 Å². The van der Waals surface area contributed by atoms with E-state index in [0.717, 1.165) is 5.56 Å². The summed E-state index contributed by atoms with van der Waals surface area (Å²) in [6, 6.07) is 8.78. The maximum Gasteiger partial charge on any atom is 0.268 e. The molecule has 0 fully saturated rings. The zero-order valence-corrected chi connectivity index (χ0v) is 15.2. The van der Waals surface area contributed by atoms with Crippen molar-refractivity contribution in [3.05, 3.63) is 71.2 Å². The van der Waals surface area contributed by atoms with Crippen molar-refractivity contribution in [3.8, 4) is 0 Å². The lowest BCUT2D eigenvalue weighted by molar-refractivity contribution is -0.133. The first kappa shape index (κ1) is 21.1. The van der Waals surface area contributed by atoms with Gasteiger partial charge >= 0.3 is 0 Å². The number of benzene rings is 1. The Labute approximate surface area is 161 Å². The van der Waals surface area contributed by atoms with E-state index in [1.165, 1.54) is 12.4 Å². The molecule has 0 aliphatic heterocycles. The Morgan fingerprint density at radius 2 is 1.79 bits per heavy atom. The molecule has 1 unspecified atom stereocenters. The third-order valence-corrected chi connectivity index (χ3v) is 3.83. The Morgan fingerprint density at radius 3 is 2.36 bits per heavy atom. The largest absolute Gasteiger partial charge is 0.459 e. The van der Waals surface area contributed by atoms with Crippen molar-refractivity contribution in [1.82, 2.24) is 10.8 Å². The van der Waals surface area contributed by atoms with Crippen molar-refractivity contribution in [2.45, 2.75) is 25.7 Å². The first-order valence-electron chi connectivity index (χ1n) is 8.52. The van der Waals surface area contributed by atoms with E-state index in [2.05, 4.69) is 5.32 Å². The topological polar surface area (TPSA) is 132 Å². The second-order valence-electron chi connectivity index (χ2n) is 5.97. The lowest BCUT2D eigenvalue weighted by Crippen LogP contribution is -2.51. The fraction of sp³-hybridized carbons (Fsp3) is 0.200. The number of allylic oxidation sites excluding steroid dienone is 2. The van der Waals surface area contributed by atoms with E-state index in [-0.39, 0.29) is 6.61 Å². The predicted molar refractivity (Wildman–Crippen MR) is 102 cm³/mol. The molecule has 0 spiro atoms. The molecule has 0 saturated heterocycles. The van der Waals surface area contributed by atoms with Gasteiger partial charge in [-0.2, -0.15) is 0 Å². The second-order valence-corrected chi connectivity index (χ2v) is 5.97. The maximum atomic E-state index is 12.2. The molecule has 2 rings (SSSR count). The monoisotopic (exact) mass is 386 g/mol. The third-order valence-electron chi connectivity index (χ3n) is 3.83. The molecule has 2 aromatic rings. The van der Waals surface area contributed by atoms with Crippen molar-refractivity contribution >= 4 is 24.0 Å². The summed E-state index contributed by atoms with van der Waals surface area (Å²) in [7, 11) is 0. The molecule has 5 N–H and O–H groups in total. The molecular formula is C20H22N2O6. The molecule has 148 valence electrons. The van der Waals surface area contributed by atoms with Gasteiger partial charge in [0.25, 0.3) is 11.8 Å². The summed E-state index contributed by atoms with van der Waals surface area (Å²) in [5, 5.41) is 29.5. The number of carbonyl (C=O) groups is 2. The highest BCUT2D eigenvalue weighted by Crippen LogP contribution is 2.11. The minimum Gasteiger partial charge on any atom is -0.459 e. The van der Waals surface area contributed by atoms with E-state index in [0.29, 0.717) is 17.1 Å². The van der Waals surface area contributed by atoms with E-state index in [1.54, 1.807) is 54.6 Å². The summed E-state index contributed by atoms with van der Waals surface area (Å²) in [5.74, 6) is -0.341. The van der Waals surface area contributed by atoms with E-state index in [1.807, 2.05) is 6.08 Å². The Hall–Kier alpha value is -3.20. The van der Waals surface area contributed by atoms with Crippen LogP contribution in [0.1, 0.15) is 34.4 Å². The Kier molecular flexibility index (Phi) is 7.70. The minimum absolute atomic E-state index is 0.147. The van der Waals surface area contributed by atoms with Gasteiger partial charge in [-0.25, -0.2) is 5.48 Å².